The molecule has 1 aliphatic heterocycles. The Morgan fingerprint density at radius 3 is 2.80 bits per heavy atom. The number of amides is 1. The molecule has 1 aromatic rings. The highest BCUT2D eigenvalue weighted by molar-refractivity contribution is 7.18. The number of piperidine rings is 1. The van der Waals surface area contributed by atoms with E-state index in [1.165, 1.54) is 11.3 Å². The number of nitrogens with zero attached hydrogens (tertiary/aromatic N) is 1. The Bertz CT molecular complexity index is 475. The highest BCUT2D eigenvalue weighted by Gasteiger charge is 2.28. The minimum atomic E-state index is -0.569. The zero-order valence-corrected chi connectivity index (χ0v) is 12.9. The molecule has 1 aliphatic rings. The summed E-state index contributed by atoms with van der Waals surface area (Å²) in [5.41, 5.74) is 5.92. The van der Waals surface area contributed by atoms with Crippen LogP contribution < -0.4 is 16.0 Å². The number of nitrogens with one attached hydrogen (secondary N) is 1. The van der Waals surface area contributed by atoms with Crippen molar-refractivity contribution < 1.29 is 9.90 Å². The van der Waals surface area contributed by atoms with Crippen molar-refractivity contribution in [2.45, 2.75) is 38.7 Å². The molecule has 2 rings (SSSR count). The first-order valence-electron chi connectivity index (χ1n) is 7.08. The van der Waals surface area contributed by atoms with Crippen LogP contribution in [0, 0.1) is 0 Å². The monoisotopic (exact) mass is 297 g/mol. The predicted octanol–water partition coefficient (Wildman–Crippen LogP) is 1.82. The van der Waals surface area contributed by atoms with Crippen LogP contribution in [0.1, 0.15) is 42.8 Å². The molecule has 0 aromatic carbocycles. The number of hydrogen-bond donors (Lipinski definition) is 3. The maximum Gasteiger partial charge on any atom is 0.263 e. The third kappa shape index (κ3) is 3.43. The van der Waals surface area contributed by atoms with Crippen molar-refractivity contribution in [3.05, 3.63) is 10.9 Å². The fourth-order valence-corrected chi connectivity index (χ4v) is 3.30. The number of thiophene rings is 1. The van der Waals surface area contributed by atoms with Crippen LogP contribution in [-0.4, -0.2) is 36.2 Å². The standard InChI is InChI=1S/C14H23N3O2S/c1-3-6-16-13(18)12-10(15)9-11(20-12)17-7-4-14(2,19)5-8-17/h9,19H,3-8,15H2,1-2H3,(H,16,18). The van der Waals surface area contributed by atoms with Gasteiger partial charge in [-0.15, -0.1) is 11.3 Å². The predicted molar refractivity (Wildman–Crippen MR) is 83.4 cm³/mol. The number of rotatable bonds is 4. The van der Waals surface area contributed by atoms with Gasteiger partial charge in [-0.1, -0.05) is 6.92 Å². The summed E-state index contributed by atoms with van der Waals surface area (Å²) < 4.78 is 0. The highest BCUT2D eigenvalue weighted by Crippen LogP contribution is 2.35. The minimum absolute atomic E-state index is 0.0930. The molecule has 0 radical (unpaired) electrons. The lowest BCUT2D eigenvalue weighted by atomic mass is 9.94. The summed E-state index contributed by atoms with van der Waals surface area (Å²) in [5.74, 6) is -0.0930. The van der Waals surface area contributed by atoms with E-state index in [9.17, 15) is 9.90 Å². The molecule has 0 saturated carbocycles. The number of nitrogen functional groups attached to an aromatic ring is 1. The van der Waals surface area contributed by atoms with Gasteiger partial charge in [0.15, 0.2) is 0 Å². The summed E-state index contributed by atoms with van der Waals surface area (Å²) in [6, 6.07) is 1.87. The Balaban J connectivity index is 2.06. The van der Waals surface area contributed by atoms with Gasteiger partial charge in [0, 0.05) is 19.6 Å². The van der Waals surface area contributed by atoms with Crippen LogP contribution in [0.4, 0.5) is 10.7 Å². The lowest BCUT2D eigenvalue weighted by Crippen LogP contribution is -2.42. The van der Waals surface area contributed by atoms with Gasteiger partial charge in [0.2, 0.25) is 0 Å². The van der Waals surface area contributed by atoms with E-state index in [0.29, 0.717) is 17.1 Å². The van der Waals surface area contributed by atoms with E-state index in [2.05, 4.69) is 10.2 Å². The molecule has 112 valence electrons. The second kappa shape index (κ2) is 6.01. The molecule has 1 aromatic heterocycles. The van der Waals surface area contributed by atoms with E-state index in [-0.39, 0.29) is 5.91 Å². The van der Waals surface area contributed by atoms with Gasteiger partial charge in [-0.3, -0.25) is 4.79 Å². The smallest absolute Gasteiger partial charge is 0.263 e. The van der Waals surface area contributed by atoms with Crippen LogP contribution >= 0.6 is 11.3 Å². The van der Waals surface area contributed by atoms with Crippen molar-refractivity contribution in [3.8, 4) is 0 Å². The quantitative estimate of drug-likeness (QED) is 0.792. The topological polar surface area (TPSA) is 78.6 Å². The summed E-state index contributed by atoms with van der Waals surface area (Å²) in [7, 11) is 0. The lowest BCUT2D eigenvalue weighted by Gasteiger charge is -2.36. The fourth-order valence-electron chi connectivity index (χ4n) is 2.25. The normalized spacial score (nSPS) is 18.1. The van der Waals surface area contributed by atoms with Gasteiger partial charge >= 0.3 is 0 Å². The molecule has 6 heteroatoms. The third-order valence-electron chi connectivity index (χ3n) is 3.64. The molecule has 1 saturated heterocycles. The van der Waals surface area contributed by atoms with Crippen LogP contribution in [-0.2, 0) is 0 Å². The molecule has 0 atom stereocenters. The van der Waals surface area contributed by atoms with Crippen molar-refractivity contribution >= 4 is 27.9 Å². The number of nitrogens with two attached hydrogens (primary N) is 1. The molecule has 1 amide bonds. The van der Waals surface area contributed by atoms with Gasteiger partial charge in [0.25, 0.3) is 5.91 Å². The van der Waals surface area contributed by atoms with Gasteiger partial charge in [-0.25, -0.2) is 0 Å². The van der Waals surface area contributed by atoms with Crippen LogP contribution in [0.15, 0.2) is 6.07 Å². The first-order valence-corrected chi connectivity index (χ1v) is 7.89. The van der Waals surface area contributed by atoms with Crippen molar-refractivity contribution in [2.24, 2.45) is 0 Å². The molecular weight excluding hydrogens is 274 g/mol. The van der Waals surface area contributed by atoms with Crippen LogP contribution in [0.5, 0.6) is 0 Å². The zero-order chi connectivity index (χ0) is 14.8. The first kappa shape index (κ1) is 15.1. The SMILES string of the molecule is CCCNC(=O)c1sc(N2CCC(C)(O)CC2)cc1N. The summed E-state index contributed by atoms with van der Waals surface area (Å²) in [5, 5.41) is 13.8. The maximum absolute atomic E-state index is 12.0. The number of hydrogen-bond acceptors (Lipinski definition) is 5. The molecule has 0 bridgehead atoms. The van der Waals surface area contributed by atoms with E-state index < -0.39 is 5.60 Å². The molecule has 0 unspecified atom stereocenters. The number of anilines is 2. The Morgan fingerprint density at radius 1 is 1.55 bits per heavy atom. The van der Waals surface area contributed by atoms with E-state index in [1.807, 2.05) is 19.9 Å². The fraction of sp³-hybridized carbons (Fsp3) is 0.643. The minimum Gasteiger partial charge on any atom is -0.397 e. The number of carbonyl (C=O) groups excluding carboxylic acids is 1. The highest BCUT2D eigenvalue weighted by atomic mass is 32.1. The summed E-state index contributed by atoms with van der Waals surface area (Å²) in [4.78, 5) is 14.8. The van der Waals surface area contributed by atoms with Gasteiger partial charge in [0.05, 0.1) is 16.3 Å². The number of aliphatic hydroxyl groups is 1. The van der Waals surface area contributed by atoms with E-state index in [1.54, 1.807) is 0 Å². The molecule has 1 fully saturated rings. The summed E-state index contributed by atoms with van der Waals surface area (Å²) in [6.07, 6.45) is 2.38. The average molecular weight is 297 g/mol. The summed E-state index contributed by atoms with van der Waals surface area (Å²) in [6.45, 7) is 6.14. The van der Waals surface area contributed by atoms with Crippen LogP contribution in [0.2, 0.25) is 0 Å². The van der Waals surface area contributed by atoms with Crippen molar-refractivity contribution in [2.75, 3.05) is 30.3 Å². The van der Waals surface area contributed by atoms with Crippen LogP contribution in [0.25, 0.3) is 0 Å². The van der Waals surface area contributed by atoms with Gasteiger partial charge in [-0.2, -0.15) is 0 Å². The third-order valence-corrected chi connectivity index (χ3v) is 4.85. The van der Waals surface area contributed by atoms with E-state index >= 15 is 0 Å². The van der Waals surface area contributed by atoms with E-state index in [0.717, 1.165) is 37.4 Å². The average Bonchev–Trinajstić information content (AvgIpc) is 2.78. The van der Waals surface area contributed by atoms with Gasteiger partial charge in [-0.05, 0) is 32.3 Å². The summed E-state index contributed by atoms with van der Waals surface area (Å²) >= 11 is 1.43. The largest absolute Gasteiger partial charge is 0.397 e. The maximum atomic E-state index is 12.0. The van der Waals surface area contributed by atoms with Crippen molar-refractivity contribution in [1.29, 1.82) is 0 Å². The molecule has 0 aliphatic carbocycles. The van der Waals surface area contributed by atoms with Crippen LogP contribution in [0.3, 0.4) is 0 Å². The molecule has 5 nitrogen and oxygen atoms in total. The Labute approximate surface area is 123 Å². The van der Waals surface area contributed by atoms with E-state index in [4.69, 9.17) is 5.73 Å². The molecule has 2 heterocycles. The molecule has 0 spiro atoms. The van der Waals surface area contributed by atoms with Gasteiger partial charge in [0.1, 0.15) is 4.88 Å². The number of carbonyl (C=O) groups is 1. The lowest BCUT2D eigenvalue weighted by molar-refractivity contribution is 0.0352. The van der Waals surface area contributed by atoms with Crippen molar-refractivity contribution in [1.82, 2.24) is 5.32 Å². The Kier molecular flexibility index (Phi) is 4.55. The molecule has 4 N–H and O–H groups in total. The Morgan fingerprint density at radius 2 is 2.20 bits per heavy atom. The first-order chi connectivity index (χ1) is 9.43. The second-order valence-corrected chi connectivity index (χ2v) is 6.64. The molecular formula is C14H23N3O2S. The Hall–Kier alpha value is -1.27. The second-order valence-electron chi connectivity index (χ2n) is 5.61. The molecule has 20 heavy (non-hydrogen) atoms. The van der Waals surface area contributed by atoms with Gasteiger partial charge < -0.3 is 21.1 Å². The zero-order valence-electron chi connectivity index (χ0n) is 12.1. The van der Waals surface area contributed by atoms with Crippen molar-refractivity contribution in [3.63, 3.8) is 0 Å².